The highest BCUT2D eigenvalue weighted by atomic mass is 16.2. The van der Waals surface area contributed by atoms with Crippen LogP contribution in [0.2, 0.25) is 0 Å². The van der Waals surface area contributed by atoms with Gasteiger partial charge in [0.15, 0.2) is 0 Å². The van der Waals surface area contributed by atoms with E-state index in [1.54, 1.807) is 4.90 Å². The van der Waals surface area contributed by atoms with E-state index in [4.69, 9.17) is 0 Å². The van der Waals surface area contributed by atoms with Crippen molar-refractivity contribution in [2.24, 2.45) is 11.3 Å². The van der Waals surface area contributed by atoms with Gasteiger partial charge in [0.25, 0.3) is 0 Å². The Morgan fingerprint density at radius 1 is 0.963 bits per heavy atom. The van der Waals surface area contributed by atoms with Crippen molar-refractivity contribution in [3.63, 3.8) is 0 Å². The third-order valence-electron chi connectivity index (χ3n) is 7.61. The Hall–Kier alpha value is -1.10. The number of hydrogen-bond donors (Lipinski definition) is 0. The van der Waals surface area contributed by atoms with Gasteiger partial charge in [0.2, 0.25) is 11.8 Å². The third-order valence-corrected chi connectivity index (χ3v) is 7.61. The lowest BCUT2D eigenvalue weighted by Gasteiger charge is -2.41. The van der Waals surface area contributed by atoms with Crippen LogP contribution in [0.4, 0.5) is 0 Å². The summed E-state index contributed by atoms with van der Waals surface area (Å²) in [6, 6.07) is 0. The molecule has 5 heteroatoms. The lowest BCUT2D eigenvalue weighted by molar-refractivity contribution is -0.138. The fourth-order valence-corrected chi connectivity index (χ4v) is 5.96. The summed E-state index contributed by atoms with van der Waals surface area (Å²) in [5.41, 5.74) is 0.315. The van der Waals surface area contributed by atoms with Crippen LogP contribution in [0.15, 0.2) is 0 Å². The van der Waals surface area contributed by atoms with E-state index in [2.05, 4.69) is 9.80 Å². The van der Waals surface area contributed by atoms with Crippen LogP contribution in [0, 0.1) is 11.3 Å². The molecular formula is C22H37N3O2. The molecule has 3 aliphatic heterocycles. The summed E-state index contributed by atoms with van der Waals surface area (Å²) in [6.07, 6.45) is 13.8. The van der Waals surface area contributed by atoms with Crippen LogP contribution in [0.1, 0.15) is 70.6 Å². The summed E-state index contributed by atoms with van der Waals surface area (Å²) in [4.78, 5) is 31.0. The molecule has 1 unspecified atom stereocenters. The number of likely N-dealkylation sites (tertiary alicyclic amines) is 3. The van der Waals surface area contributed by atoms with Crippen LogP contribution in [0.3, 0.4) is 0 Å². The summed E-state index contributed by atoms with van der Waals surface area (Å²) >= 11 is 0. The molecule has 1 spiro atoms. The zero-order chi connectivity index (χ0) is 18.7. The van der Waals surface area contributed by atoms with Gasteiger partial charge in [-0.15, -0.1) is 0 Å². The third kappa shape index (κ3) is 4.67. The molecule has 0 bridgehead atoms. The average Bonchev–Trinajstić information content (AvgIpc) is 3.28. The standard InChI is InChI=1S/C22H37N3O2/c26-20-8-4-13-24(20)16-21(27)25-15-11-22(18-25)10-5-12-23(17-22)14-9-19-6-2-1-3-7-19/h19H,1-18H2. The Labute approximate surface area is 164 Å². The monoisotopic (exact) mass is 375 g/mol. The van der Waals surface area contributed by atoms with E-state index >= 15 is 0 Å². The summed E-state index contributed by atoms with van der Waals surface area (Å²) < 4.78 is 0. The molecule has 152 valence electrons. The second kappa shape index (κ2) is 8.50. The van der Waals surface area contributed by atoms with Gasteiger partial charge in [0.1, 0.15) is 0 Å². The van der Waals surface area contributed by atoms with Crippen molar-refractivity contribution < 1.29 is 9.59 Å². The van der Waals surface area contributed by atoms with E-state index in [1.165, 1.54) is 71.0 Å². The highest BCUT2D eigenvalue weighted by molar-refractivity contribution is 5.86. The van der Waals surface area contributed by atoms with Gasteiger partial charge in [-0.25, -0.2) is 0 Å². The second-order valence-corrected chi connectivity index (χ2v) is 9.66. The quantitative estimate of drug-likeness (QED) is 0.742. The summed E-state index contributed by atoms with van der Waals surface area (Å²) in [7, 11) is 0. The zero-order valence-electron chi connectivity index (χ0n) is 17.0. The van der Waals surface area contributed by atoms with Crippen molar-refractivity contribution in [1.29, 1.82) is 0 Å². The second-order valence-electron chi connectivity index (χ2n) is 9.66. The summed E-state index contributed by atoms with van der Waals surface area (Å²) in [5.74, 6) is 1.28. The Morgan fingerprint density at radius 3 is 2.59 bits per heavy atom. The van der Waals surface area contributed by atoms with Gasteiger partial charge in [-0.1, -0.05) is 32.1 Å². The molecular weight excluding hydrogens is 338 g/mol. The fraction of sp³-hybridized carbons (Fsp3) is 0.909. The van der Waals surface area contributed by atoms with Gasteiger partial charge < -0.3 is 14.7 Å². The number of carbonyl (C=O) groups excluding carboxylic acids is 2. The molecule has 0 N–H and O–H groups in total. The minimum absolute atomic E-state index is 0.156. The Morgan fingerprint density at radius 2 is 1.81 bits per heavy atom. The van der Waals surface area contributed by atoms with E-state index in [9.17, 15) is 9.59 Å². The van der Waals surface area contributed by atoms with Gasteiger partial charge in [0, 0.05) is 38.0 Å². The van der Waals surface area contributed by atoms with E-state index in [1.807, 2.05) is 0 Å². The molecule has 4 fully saturated rings. The topological polar surface area (TPSA) is 43.9 Å². The first-order valence-corrected chi connectivity index (χ1v) is 11.4. The first-order chi connectivity index (χ1) is 13.1. The first-order valence-electron chi connectivity index (χ1n) is 11.4. The maximum absolute atomic E-state index is 12.7. The number of carbonyl (C=O) groups is 2. The maximum atomic E-state index is 12.7. The Kier molecular flexibility index (Phi) is 6.05. The summed E-state index contributed by atoms with van der Waals surface area (Å²) in [5, 5.41) is 0. The van der Waals surface area contributed by atoms with Crippen molar-refractivity contribution in [1.82, 2.24) is 14.7 Å². The van der Waals surface area contributed by atoms with Crippen LogP contribution in [0.5, 0.6) is 0 Å². The number of rotatable bonds is 5. The molecule has 4 aliphatic rings. The van der Waals surface area contributed by atoms with Crippen molar-refractivity contribution >= 4 is 11.8 Å². The molecule has 1 atom stereocenters. The van der Waals surface area contributed by atoms with E-state index in [0.29, 0.717) is 18.4 Å². The van der Waals surface area contributed by atoms with Gasteiger partial charge in [-0.05, 0) is 51.1 Å². The molecule has 5 nitrogen and oxygen atoms in total. The van der Waals surface area contributed by atoms with Crippen LogP contribution in [0.25, 0.3) is 0 Å². The minimum atomic E-state index is 0.156. The molecule has 1 aliphatic carbocycles. The van der Waals surface area contributed by atoms with E-state index in [-0.39, 0.29) is 11.8 Å². The highest BCUT2D eigenvalue weighted by Gasteiger charge is 2.43. The zero-order valence-corrected chi connectivity index (χ0v) is 17.0. The van der Waals surface area contributed by atoms with Crippen molar-refractivity contribution in [3.05, 3.63) is 0 Å². The van der Waals surface area contributed by atoms with Crippen LogP contribution in [-0.2, 0) is 9.59 Å². The van der Waals surface area contributed by atoms with Gasteiger partial charge in [-0.2, -0.15) is 0 Å². The molecule has 1 saturated carbocycles. The largest absolute Gasteiger partial charge is 0.341 e. The number of piperidine rings is 1. The molecule has 0 radical (unpaired) electrons. The molecule has 3 saturated heterocycles. The predicted molar refractivity (Wildman–Crippen MR) is 106 cm³/mol. The number of nitrogens with zero attached hydrogens (tertiary/aromatic N) is 3. The molecule has 3 heterocycles. The average molecular weight is 376 g/mol. The Balaban J connectivity index is 1.25. The van der Waals surface area contributed by atoms with Gasteiger partial charge >= 0.3 is 0 Å². The number of hydrogen-bond acceptors (Lipinski definition) is 3. The highest BCUT2D eigenvalue weighted by Crippen LogP contribution is 2.39. The fourth-order valence-electron chi connectivity index (χ4n) is 5.96. The van der Waals surface area contributed by atoms with Gasteiger partial charge in [0.05, 0.1) is 6.54 Å². The molecule has 2 amide bonds. The smallest absolute Gasteiger partial charge is 0.242 e. The Bertz CT molecular complexity index is 546. The van der Waals surface area contributed by atoms with Crippen molar-refractivity contribution in [3.8, 4) is 0 Å². The van der Waals surface area contributed by atoms with E-state index < -0.39 is 0 Å². The molecule has 0 aromatic carbocycles. The number of amides is 2. The molecule has 27 heavy (non-hydrogen) atoms. The van der Waals surface area contributed by atoms with Crippen LogP contribution < -0.4 is 0 Å². The normalized spacial score (nSPS) is 30.6. The van der Waals surface area contributed by atoms with Crippen molar-refractivity contribution in [2.45, 2.75) is 70.6 Å². The maximum Gasteiger partial charge on any atom is 0.242 e. The van der Waals surface area contributed by atoms with Crippen molar-refractivity contribution in [2.75, 3.05) is 45.8 Å². The molecule has 4 rings (SSSR count). The van der Waals surface area contributed by atoms with Crippen LogP contribution in [-0.4, -0.2) is 72.3 Å². The lowest BCUT2D eigenvalue weighted by Crippen LogP contribution is -2.47. The first kappa shape index (κ1) is 19.2. The van der Waals surface area contributed by atoms with Gasteiger partial charge in [-0.3, -0.25) is 9.59 Å². The van der Waals surface area contributed by atoms with Crippen LogP contribution >= 0.6 is 0 Å². The predicted octanol–water partition coefficient (Wildman–Crippen LogP) is 2.89. The van der Waals surface area contributed by atoms with E-state index in [0.717, 1.165) is 38.4 Å². The SMILES string of the molecule is O=C1CCCN1CC(=O)N1CCC2(CCCN(CCC3CCCCC3)C2)C1. The molecule has 0 aromatic heterocycles. The minimum Gasteiger partial charge on any atom is -0.341 e. The molecule has 0 aromatic rings. The summed E-state index contributed by atoms with van der Waals surface area (Å²) in [6.45, 7) is 6.53. The lowest BCUT2D eigenvalue weighted by atomic mass is 9.79.